The fourth-order valence-corrected chi connectivity index (χ4v) is 5.28. The highest BCUT2D eigenvalue weighted by Crippen LogP contribution is 2.52. The highest BCUT2D eigenvalue weighted by molar-refractivity contribution is 7.09. The first-order chi connectivity index (χ1) is 9.82. The monoisotopic (exact) mass is 307 g/mol. The lowest BCUT2D eigenvalue weighted by Crippen LogP contribution is -2.37. The molecular weight excluding hydrogens is 282 g/mol. The summed E-state index contributed by atoms with van der Waals surface area (Å²) in [5.41, 5.74) is 6.77. The first-order valence-electron chi connectivity index (χ1n) is 7.77. The van der Waals surface area contributed by atoms with E-state index in [1.165, 1.54) is 6.42 Å². The van der Waals surface area contributed by atoms with Gasteiger partial charge in [0.25, 0.3) is 5.91 Å². The number of hydrogen-bond donors (Lipinski definition) is 1. The number of amides is 1. The molecule has 1 aliphatic carbocycles. The standard InChI is InChI=1S/C16H25N3OS/c1-15(2)6-11-7-16(3,9-15)10-19(11)14(20)12-8-21-13(18-12)4-5-17/h8,11H,4-7,9-10,17H2,1-3H3. The fourth-order valence-electron chi connectivity index (χ4n) is 4.49. The van der Waals surface area contributed by atoms with Gasteiger partial charge in [-0.15, -0.1) is 11.3 Å². The SMILES string of the molecule is CC1(C)CC2CC(C)(CN2C(=O)c2csc(CCN)n2)C1. The van der Waals surface area contributed by atoms with Crippen molar-refractivity contribution in [3.63, 3.8) is 0 Å². The average molecular weight is 307 g/mol. The number of carbonyl (C=O) groups is 1. The van der Waals surface area contributed by atoms with Crippen LogP contribution in [-0.2, 0) is 6.42 Å². The van der Waals surface area contributed by atoms with Crippen LogP contribution in [0.5, 0.6) is 0 Å². The molecular formula is C16H25N3OS. The molecule has 2 heterocycles. The molecule has 116 valence electrons. The number of fused-ring (bicyclic) bond motifs is 2. The van der Waals surface area contributed by atoms with E-state index >= 15 is 0 Å². The first-order valence-corrected chi connectivity index (χ1v) is 8.65. The molecule has 3 rings (SSSR count). The number of hydrogen-bond acceptors (Lipinski definition) is 4. The number of carbonyl (C=O) groups excluding carboxylic acids is 1. The van der Waals surface area contributed by atoms with Crippen LogP contribution in [-0.4, -0.2) is 34.9 Å². The maximum Gasteiger partial charge on any atom is 0.273 e. The van der Waals surface area contributed by atoms with Crippen molar-refractivity contribution in [2.45, 2.75) is 52.5 Å². The Bertz CT molecular complexity index is 553. The van der Waals surface area contributed by atoms with Crippen molar-refractivity contribution >= 4 is 17.2 Å². The Hall–Kier alpha value is -0.940. The predicted molar refractivity (Wildman–Crippen MR) is 85.4 cm³/mol. The molecule has 2 unspecified atom stereocenters. The van der Waals surface area contributed by atoms with Gasteiger partial charge in [0.05, 0.1) is 5.01 Å². The third-order valence-electron chi connectivity index (χ3n) is 4.80. The molecule has 1 aromatic rings. The fraction of sp³-hybridized carbons (Fsp3) is 0.750. The number of thiazole rings is 1. The van der Waals surface area contributed by atoms with E-state index in [-0.39, 0.29) is 11.3 Å². The van der Waals surface area contributed by atoms with Crippen molar-refractivity contribution in [3.05, 3.63) is 16.1 Å². The zero-order valence-corrected chi connectivity index (χ0v) is 14.0. The number of rotatable bonds is 3. The van der Waals surface area contributed by atoms with Crippen LogP contribution in [0.1, 0.15) is 55.5 Å². The Morgan fingerprint density at radius 3 is 2.95 bits per heavy atom. The molecule has 0 spiro atoms. The van der Waals surface area contributed by atoms with Gasteiger partial charge in [-0.25, -0.2) is 4.98 Å². The Kier molecular flexibility index (Phi) is 3.61. The van der Waals surface area contributed by atoms with E-state index in [0.29, 0.717) is 23.7 Å². The van der Waals surface area contributed by atoms with Crippen LogP contribution < -0.4 is 5.73 Å². The van der Waals surface area contributed by atoms with Gasteiger partial charge in [0, 0.05) is 24.4 Å². The molecule has 2 fully saturated rings. The average Bonchev–Trinajstić information content (AvgIpc) is 2.90. The van der Waals surface area contributed by atoms with Gasteiger partial charge >= 0.3 is 0 Å². The van der Waals surface area contributed by atoms with Crippen molar-refractivity contribution < 1.29 is 4.79 Å². The van der Waals surface area contributed by atoms with Crippen LogP contribution in [0.15, 0.2) is 5.38 Å². The minimum absolute atomic E-state index is 0.112. The van der Waals surface area contributed by atoms with Gasteiger partial charge in [0.15, 0.2) is 0 Å². The molecule has 1 amide bonds. The molecule has 1 aliphatic heterocycles. The molecule has 1 aromatic heterocycles. The second-order valence-corrected chi connectivity index (χ2v) is 8.75. The molecule has 2 bridgehead atoms. The van der Waals surface area contributed by atoms with Gasteiger partial charge in [0.1, 0.15) is 5.69 Å². The summed E-state index contributed by atoms with van der Waals surface area (Å²) < 4.78 is 0. The topological polar surface area (TPSA) is 59.2 Å². The highest BCUT2D eigenvalue weighted by Gasteiger charge is 2.51. The van der Waals surface area contributed by atoms with Crippen molar-refractivity contribution in [1.82, 2.24) is 9.88 Å². The van der Waals surface area contributed by atoms with Gasteiger partial charge in [-0.1, -0.05) is 20.8 Å². The van der Waals surface area contributed by atoms with E-state index in [1.807, 2.05) is 5.38 Å². The van der Waals surface area contributed by atoms with Gasteiger partial charge in [-0.2, -0.15) is 0 Å². The molecule has 2 atom stereocenters. The van der Waals surface area contributed by atoms with Gasteiger partial charge < -0.3 is 10.6 Å². The second kappa shape index (κ2) is 5.06. The minimum atomic E-state index is 0.112. The maximum absolute atomic E-state index is 12.8. The summed E-state index contributed by atoms with van der Waals surface area (Å²) in [5.74, 6) is 0.112. The normalized spacial score (nSPS) is 30.7. The van der Waals surface area contributed by atoms with Crippen molar-refractivity contribution in [2.75, 3.05) is 13.1 Å². The molecule has 2 aliphatic rings. The lowest BCUT2D eigenvalue weighted by atomic mass is 9.65. The van der Waals surface area contributed by atoms with Crippen LogP contribution in [0.4, 0.5) is 0 Å². The van der Waals surface area contributed by atoms with Gasteiger partial charge in [-0.3, -0.25) is 4.79 Å². The zero-order chi connectivity index (χ0) is 15.3. The zero-order valence-electron chi connectivity index (χ0n) is 13.2. The van der Waals surface area contributed by atoms with Crippen LogP contribution in [0, 0.1) is 10.8 Å². The summed E-state index contributed by atoms with van der Waals surface area (Å²) in [5, 5.41) is 2.86. The molecule has 5 heteroatoms. The Labute approximate surface area is 130 Å². The Morgan fingerprint density at radius 1 is 1.48 bits per heavy atom. The van der Waals surface area contributed by atoms with Gasteiger partial charge in [-0.05, 0) is 36.6 Å². The summed E-state index contributed by atoms with van der Waals surface area (Å²) in [4.78, 5) is 19.3. The van der Waals surface area contributed by atoms with Crippen LogP contribution >= 0.6 is 11.3 Å². The molecule has 0 radical (unpaired) electrons. The summed E-state index contributed by atoms with van der Waals surface area (Å²) >= 11 is 1.55. The molecule has 1 saturated heterocycles. The van der Waals surface area contributed by atoms with Gasteiger partial charge in [0.2, 0.25) is 0 Å². The van der Waals surface area contributed by atoms with Crippen LogP contribution in [0.3, 0.4) is 0 Å². The van der Waals surface area contributed by atoms with Crippen molar-refractivity contribution in [3.8, 4) is 0 Å². The third-order valence-corrected chi connectivity index (χ3v) is 5.71. The number of nitrogens with zero attached hydrogens (tertiary/aromatic N) is 2. The van der Waals surface area contributed by atoms with E-state index in [1.54, 1.807) is 11.3 Å². The van der Waals surface area contributed by atoms with E-state index in [0.717, 1.165) is 30.8 Å². The van der Waals surface area contributed by atoms with E-state index in [9.17, 15) is 4.79 Å². The smallest absolute Gasteiger partial charge is 0.273 e. The Balaban J connectivity index is 1.79. The lowest BCUT2D eigenvalue weighted by molar-refractivity contribution is 0.0703. The third kappa shape index (κ3) is 2.86. The molecule has 4 nitrogen and oxygen atoms in total. The number of likely N-dealkylation sites (tertiary alicyclic amines) is 1. The van der Waals surface area contributed by atoms with Crippen LogP contribution in [0.25, 0.3) is 0 Å². The molecule has 21 heavy (non-hydrogen) atoms. The summed E-state index contributed by atoms with van der Waals surface area (Å²) in [6, 6.07) is 0.380. The van der Waals surface area contributed by atoms with Crippen molar-refractivity contribution in [2.24, 2.45) is 16.6 Å². The van der Waals surface area contributed by atoms with Crippen molar-refractivity contribution in [1.29, 1.82) is 0 Å². The second-order valence-electron chi connectivity index (χ2n) is 7.81. The summed E-state index contributed by atoms with van der Waals surface area (Å²) in [7, 11) is 0. The summed E-state index contributed by atoms with van der Waals surface area (Å²) in [6.07, 6.45) is 4.21. The number of nitrogens with two attached hydrogens (primary N) is 1. The van der Waals surface area contributed by atoms with E-state index in [4.69, 9.17) is 5.73 Å². The predicted octanol–water partition coefficient (Wildman–Crippen LogP) is 2.69. The maximum atomic E-state index is 12.8. The van der Waals surface area contributed by atoms with Crippen LogP contribution in [0.2, 0.25) is 0 Å². The molecule has 2 N–H and O–H groups in total. The quantitative estimate of drug-likeness (QED) is 0.934. The van der Waals surface area contributed by atoms with E-state index < -0.39 is 0 Å². The Morgan fingerprint density at radius 2 is 2.24 bits per heavy atom. The summed E-state index contributed by atoms with van der Waals surface area (Å²) in [6.45, 7) is 8.44. The first kappa shape index (κ1) is 15.0. The highest BCUT2D eigenvalue weighted by atomic mass is 32.1. The molecule has 1 saturated carbocycles. The van der Waals surface area contributed by atoms with E-state index in [2.05, 4.69) is 30.7 Å². The molecule has 0 aromatic carbocycles. The lowest BCUT2D eigenvalue weighted by Gasteiger charge is -2.39. The number of aromatic nitrogens is 1. The largest absolute Gasteiger partial charge is 0.334 e. The minimum Gasteiger partial charge on any atom is -0.334 e.